The van der Waals surface area contributed by atoms with Gasteiger partial charge < -0.3 is 19.5 Å². The Morgan fingerprint density at radius 2 is 1.61 bits per heavy atom. The Morgan fingerprint density at radius 3 is 2.44 bits per heavy atom. The lowest BCUT2D eigenvalue weighted by molar-refractivity contribution is -0.117. The van der Waals surface area contributed by atoms with Crippen LogP contribution < -0.4 is 25.0 Å². The van der Waals surface area contributed by atoms with E-state index in [0.717, 1.165) is 0 Å². The molecule has 0 saturated heterocycles. The normalized spacial score (nSPS) is 12.2. The van der Waals surface area contributed by atoms with Crippen LogP contribution in [-0.4, -0.2) is 30.8 Å². The first-order valence-corrected chi connectivity index (χ1v) is 12.7. The lowest BCUT2D eigenvalue weighted by atomic mass is 10.1. The summed E-state index contributed by atoms with van der Waals surface area (Å²) in [6.45, 7) is 0.107. The number of nitrogens with one attached hydrogen (secondary N) is 2. The molecule has 204 valence electrons. The quantitative estimate of drug-likeness (QED) is 0.0993. The third-order valence-corrected chi connectivity index (χ3v) is 6.11. The number of amides is 2. The summed E-state index contributed by atoms with van der Waals surface area (Å²) in [5.41, 5.74) is 4.14. The van der Waals surface area contributed by atoms with Crippen LogP contribution in [0.1, 0.15) is 31.8 Å². The average molecular weight is 568 g/mol. The molecule has 9 nitrogen and oxygen atoms in total. The van der Waals surface area contributed by atoms with Crippen molar-refractivity contribution >= 4 is 41.7 Å². The molecule has 0 unspecified atom stereocenters. The van der Waals surface area contributed by atoms with Gasteiger partial charge in [0.1, 0.15) is 11.4 Å². The van der Waals surface area contributed by atoms with Crippen LogP contribution in [0.25, 0.3) is 6.08 Å². The maximum Gasteiger partial charge on any atom is 0.345 e. The van der Waals surface area contributed by atoms with E-state index in [9.17, 15) is 14.4 Å². The Balaban J connectivity index is 1.30. The number of rotatable bonds is 8. The van der Waals surface area contributed by atoms with Gasteiger partial charge in [0.15, 0.2) is 11.5 Å². The monoisotopic (exact) mass is 567 g/mol. The Morgan fingerprint density at radius 1 is 0.829 bits per heavy atom. The highest BCUT2D eigenvalue weighted by molar-refractivity contribution is 6.33. The molecule has 2 amide bonds. The molecule has 1 aliphatic heterocycles. The Bertz CT molecular complexity index is 1670. The minimum Gasteiger partial charge on any atom is -0.454 e. The van der Waals surface area contributed by atoms with E-state index in [2.05, 4.69) is 15.8 Å². The Labute approximate surface area is 240 Å². The molecule has 5 rings (SSSR count). The smallest absolute Gasteiger partial charge is 0.345 e. The number of fused-ring (bicyclic) bond motifs is 1. The number of nitrogens with zero attached hydrogens (tertiary/aromatic N) is 1. The molecule has 0 radical (unpaired) electrons. The van der Waals surface area contributed by atoms with Crippen molar-refractivity contribution in [3.8, 4) is 17.2 Å². The van der Waals surface area contributed by atoms with Crippen LogP contribution in [0.2, 0.25) is 5.02 Å². The van der Waals surface area contributed by atoms with E-state index in [1.165, 1.54) is 12.3 Å². The highest BCUT2D eigenvalue weighted by atomic mass is 35.5. The molecule has 0 spiro atoms. The molecule has 41 heavy (non-hydrogen) atoms. The number of carbonyl (C=O) groups excluding carboxylic acids is 3. The lowest BCUT2D eigenvalue weighted by Gasteiger charge is -2.09. The Kier molecular flexibility index (Phi) is 8.37. The van der Waals surface area contributed by atoms with Crippen LogP contribution >= 0.6 is 11.6 Å². The number of hydrogen-bond donors (Lipinski definition) is 2. The van der Waals surface area contributed by atoms with E-state index in [0.29, 0.717) is 28.2 Å². The predicted molar refractivity (Wildman–Crippen MR) is 153 cm³/mol. The zero-order valence-electron chi connectivity index (χ0n) is 21.4. The van der Waals surface area contributed by atoms with Gasteiger partial charge in [-0.25, -0.2) is 10.2 Å². The maximum atomic E-state index is 13.1. The second-order valence-corrected chi connectivity index (χ2v) is 9.04. The van der Waals surface area contributed by atoms with E-state index in [1.807, 2.05) is 0 Å². The first-order valence-electron chi connectivity index (χ1n) is 12.3. The highest BCUT2D eigenvalue weighted by Crippen LogP contribution is 2.33. The summed E-state index contributed by atoms with van der Waals surface area (Å²) in [7, 11) is 0. The number of halogens is 1. The van der Waals surface area contributed by atoms with Crippen molar-refractivity contribution < 1.29 is 28.6 Å². The van der Waals surface area contributed by atoms with Gasteiger partial charge in [-0.3, -0.25) is 9.59 Å². The van der Waals surface area contributed by atoms with Crippen LogP contribution in [0.4, 0.5) is 0 Å². The molecular weight excluding hydrogens is 546 g/mol. The summed E-state index contributed by atoms with van der Waals surface area (Å²) in [5.74, 6) is -0.352. The van der Waals surface area contributed by atoms with Gasteiger partial charge in [0, 0.05) is 5.56 Å². The van der Waals surface area contributed by atoms with Crippen molar-refractivity contribution in [1.82, 2.24) is 10.7 Å². The van der Waals surface area contributed by atoms with Crippen LogP contribution in [-0.2, 0) is 4.79 Å². The third-order valence-electron chi connectivity index (χ3n) is 5.78. The highest BCUT2D eigenvalue weighted by Gasteiger charge is 2.17. The fourth-order valence-electron chi connectivity index (χ4n) is 3.78. The van der Waals surface area contributed by atoms with Crippen molar-refractivity contribution in [1.29, 1.82) is 0 Å². The average Bonchev–Trinajstić information content (AvgIpc) is 3.46. The Hall–Kier alpha value is -5.41. The van der Waals surface area contributed by atoms with Gasteiger partial charge in [0.2, 0.25) is 6.79 Å². The van der Waals surface area contributed by atoms with Crippen molar-refractivity contribution in [2.75, 3.05) is 6.79 Å². The van der Waals surface area contributed by atoms with Crippen LogP contribution in [0, 0.1) is 0 Å². The minimum absolute atomic E-state index is 0.0442. The second-order valence-electron chi connectivity index (χ2n) is 8.63. The molecule has 0 fully saturated rings. The number of hydrazone groups is 1. The first-order chi connectivity index (χ1) is 20.0. The van der Waals surface area contributed by atoms with Crippen molar-refractivity contribution in [3.63, 3.8) is 0 Å². The fraction of sp³-hybridized carbons (Fsp3) is 0.0323. The van der Waals surface area contributed by atoms with Crippen molar-refractivity contribution in [2.45, 2.75) is 0 Å². The van der Waals surface area contributed by atoms with E-state index in [4.69, 9.17) is 25.8 Å². The molecule has 1 aliphatic rings. The van der Waals surface area contributed by atoms with Crippen LogP contribution in [0.3, 0.4) is 0 Å². The van der Waals surface area contributed by atoms with Crippen LogP contribution in [0.5, 0.6) is 17.2 Å². The zero-order valence-corrected chi connectivity index (χ0v) is 22.1. The van der Waals surface area contributed by atoms with E-state index in [1.54, 1.807) is 97.1 Å². The summed E-state index contributed by atoms with van der Waals surface area (Å²) < 4.78 is 16.2. The molecule has 10 heteroatoms. The summed E-state index contributed by atoms with van der Waals surface area (Å²) >= 11 is 6.08. The first kappa shape index (κ1) is 27.2. The number of ether oxygens (including phenoxy) is 3. The molecule has 0 aromatic heterocycles. The molecule has 0 saturated carbocycles. The van der Waals surface area contributed by atoms with Crippen molar-refractivity contribution in [2.24, 2.45) is 5.10 Å². The largest absolute Gasteiger partial charge is 0.454 e. The summed E-state index contributed by atoms with van der Waals surface area (Å²) in [5, 5.41) is 6.94. The number of esters is 1. The van der Waals surface area contributed by atoms with Gasteiger partial charge in [-0.2, -0.15) is 5.10 Å². The molecule has 2 N–H and O–H groups in total. The van der Waals surface area contributed by atoms with Crippen molar-refractivity contribution in [3.05, 3.63) is 130 Å². The summed E-state index contributed by atoms with van der Waals surface area (Å²) in [6.07, 6.45) is 2.88. The standard InChI is InChI=1S/C31H22ClN3O6/c32-25-12-5-4-11-24(25)31(38)41-23-10-6-7-21(15-23)18-33-35-30(37)26(34-29(36)22-8-2-1-3-9-22)16-20-13-14-27-28(17-20)40-19-39-27/h1-18H,19H2,(H,34,36)(H,35,37)/b26-16+,33-18+. The van der Waals surface area contributed by atoms with Gasteiger partial charge in [-0.05, 0) is 65.7 Å². The molecule has 0 bridgehead atoms. The second kappa shape index (κ2) is 12.6. The fourth-order valence-corrected chi connectivity index (χ4v) is 4.00. The molecule has 0 atom stereocenters. The molecule has 4 aromatic carbocycles. The van der Waals surface area contributed by atoms with E-state index >= 15 is 0 Å². The van der Waals surface area contributed by atoms with Gasteiger partial charge in [0.25, 0.3) is 11.8 Å². The number of benzene rings is 4. The zero-order chi connectivity index (χ0) is 28.6. The third kappa shape index (κ3) is 6.97. The number of hydrogen-bond acceptors (Lipinski definition) is 7. The predicted octanol–water partition coefficient (Wildman–Crippen LogP) is 5.21. The molecule has 0 aliphatic carbocycles. The molecule has 4 aromatic rings. The van der Waals surface area contributed by atoms with Gasteiger partial charge in [-0.1, -0.05) is 60.1 Å². The lowest BCUT2D eigenvalue weighted by Crippen LogP contribution is -2.32. The van der Waals surface area contributed by atoms with Crippen LogP contribution in [0.15, 0.2) is 108 Å². The minimum atomic E-state index is -0.663. The maximum absolute atomic E-state index is 13.1. The molecular formula is C31H22ClN3O6. The van der Waals surface area contributed by atoms with E-state index < -0.39 is 17.8 Å². The van der Waals surface area contributed by atoms with Gasteiger partial charge >= 0.3 is 5.97 Å². The summed E-state index contributed by atoms with van der Waals surface area (Å²) in [6, 6.07) is 26.8. The number of carbonyl (C=O) groups is 3. The van der Waals surface area contributed by atoms with Gasteiger partial charge in [0.05, 0.1) is 16.8 Å². The van der Waals surface area contributed by atoms with Gasteiger partial charge in [-0.15, -0.1) is 0 Å². The summed E-state index contributed by atoms with van der Waals surface area (Å²) in [4.78, 5) is 38.4. The molecule has 1 heterocycles. The van der Waals surface area contributed by atoms with E-state index in [-0.39, 0.29) is 28.8 Å². The SMILES string of the molecule is O=C(N/N=C/c1cccc(OC(=O)c2ccccc2Cl)c1)/C(=C\c1ccc2c(c1)OCO2)NC(=O)c1ccccc1. The topological polar surface area (TPSA) is 115 Å².